The fraction of sp³-hybridized carbons (Fsp3) is 0.462. The maximum absolute atomic E-state index is 11.2. The molecule has 1 saturated carbocycles. The van der Waals surface area contributed by atoms with Gasteiger partial charge in [0, 0.05) is 17.9 Å². The zero-order chi connectivity index (χ0) is 11.4. The molecule has 2 nitrogen and oxygen atoms in total. The van der Waals surface area contributed by atoms with Crippen molar-refractivity contribution in [1.29, 1.82) is 0 Å². The van der Waals surface area contributed by atoms with Crippen LogP contribution in [-0.4, -0.2) is 11.9 Å². The van der Waals surface area contributed by atoms with E-state index >= 15 is 0 Å². The van der Waals surface area contributed by atoms with Crippen molar-refractivity contribution in [3.05, 3.63) is 34.9 Å². The van der Waals surface area contributed by atoms with E-state index in [0.717, 1.165) is 29.8 Å². The van der Waals surface area contributed by atoms with Crippen molar-refractivity contribution in [2.75, 3.05) is 0 Å². The molecule has 0 saturated heterocycles. The number of carbonyl (C=O) groups excluding carboxylic acids is 1. The zero-order valence-electron chi connectivity index (χ0n) is 9.12. The Hall–Kier alpha value is -0.860. The minimum Gasteiger partial charge on any atom is -0.373 e. The molecule has 3 heteroatoms. The summed E-state index contributed by atoms with van der Waals surface area (Å²) in [5.74, 6) is 0.326. The van der Waals surface area contributed by atoms with E-state index in [4.69, 9.17) is 16.3 Å². The molecule has 0 radical (unpaired) electrons. The fourth-order valence-corrected chi connectivity index (χ4v) is 2.05. The molecule has 0 amide bonds. The van der Waals surface area contributed by atoms with Crippen LogP contribution in [0.15, 0.2) is 24.3 Å². The number of Topliss-reactive ketones (excluding diaryl/α,β-unsaturated/α-hetero) is 1. The summed E-state index contributed by atoms with van der Waals surface area (Å²) >= 11 is 5.79. The first kappa shape index (κ1) is 11.6. The molecule has 1 fully saturated rings. The highest BCUT2D eigenvalue weighted by molar-refractivity contribution is 6.30. The van der Waals surface area contributed by atoms with Gasteiger partial charge in [0.1, 0.15) is 5.78 Å². The average molecular weight is 239 g/mol. The standard InChI is InChI=1S/C13H15ClO2/c14-11-6-4-10(5-7-11)9-16-13-3-1-2-12(15)8-13/h4-7,13H,1-3,8-9H2. The van der Waals surface area contributed by atoms with E-state index < -0.39 is 0 Å². The SMILES string of the molecule is O=C1CCCC(OCc2ccc(Cl)cc2)C1. The summed E-state index contributed by atoms with van der Waals surface area (Å²) in [6.45, 7) is 0.565. The lowest BCUT2D eigenvalue weighted by Gasteiger charge is -2.21. The molecule has 0 bridgehead atoms. The summed E-state index contributed by atoms with van der Waals surface area (Å²) in [7, 11) is 0. The Morgan fingerprint density at radius 2 is 2.06 bits per heavy atom. The summed E-state index contributed by atoms with van der Waals surface area (Å²) < 4.78 is 5.72. The normalized spacial score (nSPS) is 21.1. The molecule has 1 atom stereocenters. The molecular formula is C13H15ClO2. The first-order valence-electron chi connectivity index (χ1n) is 5.62. The van der Waals surface area contributed by atoms with E-state index in [2.05, 4.69) is 0 Å². The van der Waals surface area contributed by atoms with Gasteiger partial charge in [-0.05, 0) is 30.5 Å². The third-order valence-corrected chi connectivity index (χ3v) is 3.09. The van der Waals surface area contributed by atoms with E-state index in [1.807, 2.05) is 24.3 Å². The van der Waals surface area contributed by atoms with Crippen LogP contribution in [0.5, 0.6) is 0 Å². The van der Waals surface area contributed by atoms with Gasteiger partial charge in [-0.2, -0.15) is 0 Å². The van der Waals surface area contributed by atoms with Crippen LogP contribution in [-0.2, 0) is 16.1 Å². The number of ketones is 1. The Morgan fingerprint density at radius 1 is 1.31 bits per heavy atom. The van der Waals surface area contributed by atoms with Crippen LogP contribution in [0, 0.1) is 0 Å². The second-order valence-electron chi connectivity index (χ2n) is 4.19. The maximum Gasteiger partial charge on any atom is 0.135 e. The molecule has 0 heterocycles. The molecule has 0 N–H and O–H groups in total. The number of ether oxygens (including phenoxy) is 1. The Morgan fingerprint density at radius 3 is 2.75 bits per heavy atom. The largest absolute Gasteiger partial charge is 0.373 e. The molecule has 16 heavy (non-hydrogen) atoms. The van der Waals surface area contributed by atoms with E-state index in [1.165, 1.54) is 0 Å². The van der Waals surface area contributed by atoms with Crippen molar-refractivity contribution in [3.8, 4) is 0 Å². The van der Waals surface area contributed by atoms with Crippen LogP contribution >= 0.6 is 11.6 Å². The molecule has 2 rings (SSSR count). The molecule has 86 valence electrons. The lowest BCUT2D eigenvalue weighted by molar-refractivity contribution is -0.124. The highest BCUT2D eigenvalue weighted by Gasteiger charge is 2.19. The molecule has 1 aliphatic carbocycles. The Labute approximate surface area is 101 Å². The maximum atomic E-state index is 11.2. The van der Waals surface area contributed by atoms with Gasteiger partial charge in [0.05, 0.1) is 12.7 Å². The summed E-state index contributed by atoms with van der Waals surface area (Å²) in [6, 6.07) is 7.61. The van der Waals surface area contributed by atoms with Gasteiger partial charge in [0.25, 0.3) is 0 Å². The van der Waals surface area contributed by atoms with Gasteiger partial charge in [0.2, 0.25) is 0 Å². The van der Waals surface area contributed by atoms with Crippen LogP contribution in [0.25, 0.3) is 0 Å². The Kier molecular flexibility index (Phi) is 3.97. The lowest BCUT2D eigenvalue weighted by Crippen LogP contribution is -2.22. The van der Waals surface area contributed by atoms with Gasteiger partial charge in [-0.3, -0.25) is 4.79 Å². The minimum absolute atomic E-state index is 0.108. The van der Waals surface area contributed by atoms with E-state index in [0.29, 0.717) is 18.8 Å². The highest BCUT2D eigenvalue weighted by atomic mass is 35.5. The first-order valence-corrected chi connectivity index (χ1v) is 5.99. The van der Waals surface area contributed by atoms with Crippen LogP contribution in [0.2, 0.25) is 5.02 Å². The summed E-state index contributed by atoms with van der Waals surface area (Å²) in [5, 5.41) is 0.733. The molecule has 0 aliphatic heterocycles. The van der Waals surface area contributed by atoms with E-state index in [9.17, 15) is 4.79 Å². The van der Waals surface area contributed by atoms with E-state index in [1.54, 1.807) is 0 Å². The molecule has 1 aromatic carbocycles. The summed E-state index contributed by atoms with van der Waals surface area (Å²) in [5.41, 5.74) is 1.10. The van der Waals surface area contributed by atoms with Crippen LogP contribution in [0.4, 0.5) is 0 Å². The zero-order valence-corrected chi connectivity index (χ0v) is 9.87. The van der Waals surface area contributed by atoms with Gasteiger partial charge >= 0.3 is 0 Å². The van der Waals surface area contributed by atoms with Gasteiger partial charge in [-0.15, -0.1) is 0 Å². The van der Waals surface area contributed by atoms with Gasteiger partial charge in [-0.25, -0.2) is 0 Å². The van der Waals surface area contributed by atoms with Crippen LogP contribution < -0.4 is 0 Å². The van der Waals surface area contributed by atoms with Crippen LogP contribution in [0.3, 0.4) is 0 Å². The second kappa shape index (κ2) is 5.46. The topological polar surface area (TPSA) is 26.3 Å². The van der Waals surface area contributed by atoms with Crippen molar-refractivity contribution in [1.82, 2.24) is 0 Å². The quantitative estimate of drug-likeness (QED) is 0.807. The van der Waals surface area contributed by atoms with Gasteiger partial charge < -0.3 is 4.74 Å². The van der Waals surface area contributed by atoms with Gasteiger partial charge in [0.15, 0.2) is 0 Å². The smallest absolute Gasteiger partial charge is 0.135 e. The Bertz CT molecular complexity index is 359. The minimum atomic E-state index is 0.108. The first-order chi connectivity index (χ1) is 7.74. The van der Waals surface area contributed by atoms with Crippen molar-refractivity contribution in [2.24, 2.45) is 0 Å². The number of halogens is 1. The molecule has 1 aliphatic rings. The van der Waals surface area contributed by atoms with Crippen molar-refractivity contribution >= 4 is 17.4 Å². The molecule has 1 aromatic rings. The molecule has 1 unspecified atom stereocenters. The monoisotopic (exact) mass is 238 g/mol. The highest BCUT2D eigenvalue weighted by Crippen LogP contribution is 2.19. The third-order valence-electron chi connectivity index (χ3n) is 2.84. The number of hydrogen-bond acceptors (Lipinski definition) is 2. The predicted octanol–water partition coefficient (Wildman–Crippen LogP) is 3.37. The number of benzene rings is 1. The molecule has 0 aromatic heterocycles. The molecular weight excluding hydrogens is 224 g/mol. The predicted molar refractivity (Wildman–Crippen MR) is 63.5 cm³/mol. The van der Waals surface area contributed by atoms with Crippen LogP contribution in [0.1, 0.15) is 31.2 Å². The van der Waals surface area contributed by atoms with Crippen molar-refractivity contribution in [2.45, 2.75) is 38.4 Å². The number of rotatable bonds is 3. The lowest BCUT2D eigenvalue weighted by atomic mass is 9.96. The fourth-order valence-electron chi connectivity index (χ4n) is 1.92. The number of carbonyl (C=O) groups is 1. The van der Waals surface area contributed by atoms with Crippen molar-refractivity contribution < 1.29 is 9.53 Å². The summed E-state index contributed by atoms with van der Waals surface area (Å²) in [4.78, 5) is 11.2. The second-order valence-corrected chi connectivity index (χ2v) is 4.63. The third kappa shape index (κ3) is 3.32. The summed E-state index contributed by atoms with van der Waals surface area (Å²) in [6.07, 6.45) is 3.37. The Balaban J connectivity index is 1.82. The molecule has 0 spiro atoms. The van der Waals surface area contributed by atoms with Crippen molar-refractivity contribution in [3.63, 3.8) is 0 Å². The van der Waals surface area contributed by atoms with Gasteiger partial charge in [-0.1, -0.05) is 23.7 Å². The van der Waals surface area contributed by atoms with E-state index in [-0.39, 0.29) is 6.10 Å². The number of hydrogen-bond donors (Lipinski definition) is 0. The average Bonchev–Trinajstić information content (AvgIpc) is 2.28.